The summed E-state index contributed by atoms with van der Waals surface area (Å²) in [5, 5.41) is 0. The third kappa shape index (κ3) is 2.49. The smallest absolute Gasteiger partial charge is 0.112 e. The van der Waals surface area contributed by atoms with Gasteiger partial charge in [0.2, 0.25) is 0 Å². The minimum Gasteiger partial charge on any atom is -0.399 e. The number of aryl methyl sites for hydroxylation is 1. The second-order valence-corrected chi connectivity index (χ2v) is 5.73. The van der Waals surface area contributed by atoms with Gasteiger partial charge >= 0.3 is 0 Å². The average Bonchev–Trinajstić information content (AvgIpc) is 2.79. The van der Waals surface area contributed by atoms with E-state index in [4.69, 9.17) is 10.7 Å². The van der Waals surface area contributed by atoms with Crippen LogP contribution in [-0.4, -0.2) is 14.5 Å². The van der Waals surface area contributed by atoms with Crippen LogP contribution in [-0.2, 0) is 6.54 Å². The summed E-state index contributed by atoms with van der Waals surface area (Å²) in [7, 11) is 0. The molecule has 0 aliphatic carbocycles. The molecule has 0 aliphatic heterocycles. The Hall–Kier alpha value is -2.36. The molecule has 0 amide bonds. The van der Waals surface area contributed by atoms with E-state index in [1.165, 1.54) is 5.56 Å². The van der Waals surface area contributed by atoms with E-state index in [0.29, 0.717) is 5.92 Å². The molecule has 0 bridgehead atoms. The number of aromatic nitrogens is 3. The maximum Gasteiger partial charge on any atom is 0.112 e. The summed E-state index contributed by atoms with van der Waals surface area (Å²) >= 11 is 0. The van der Waals surface area contributed by atoms with Crippen LogP contribution in [0.1, 0.15) is 36.8 Å². The van der Waals surface area contributed by atoms with Crippen molar-refractivity contribution in [3.63, 3.8) is 0 Å². The summed E-state index contributed by atoms with van der Waals surface area (Å²) in [6, 6.07) is 9.96. The first-order chi connectivity index (χ1) is 10.1. The van der Waals surface area contributed by atoms with Crippen molar-refractivity contribution in [3.8, 4) is 0 Å². The molecule has 0 atom stereocenters. The summed E-state index contributed by atoms with van der Waals surface area (Å²) in [5.41, 5.74) is 11.0. The Kier molecular flexibility index (Phi) is 3.37. The van der Waals surface area contributed by atoms with Crippen molar-refractivity contribution in [1.29, 1.82) is 0 Å². The highest BCUT2D eigenvalue weighted by molar-refractivity contribution is 5.79. The Bertz CT molecular complexity index is 787. The van der Waals surface area contributed by atoms with E-state index < -0.39 is 0 Å². The van der Waals surface area contributed by atoms with Gasteiger partial charge in [0, 0.05) is 17.8 Å². The number of nitrogen functional groups attached to an aromatic ring is 1. The van der Waals surface area contributed by atoms with Crippen molar-refractivity contribution in [2.24, 2.45) is 0 Å². The zero-order chi connectivity index (χ0) is 15.0. The fraction of sp³-hybridized carbons (Fsp3) is 0.294. The maximum absolute atomic E-state index is 5.87. The predicted octanol–water partition coefficient (Wildman–Crippen LogP) is 3.49. The molecule has 1 aromatic carbocycles. The van der Waals surface area contributed by atoms with Gasteiger partial charge in [-0.2, -0.15) is 0 Å². The molecule has 0 aliphatic rings. The number of rotatable bonds is 3. The summed E-state index contributed by atoms with van der Waals surface area (Å²) in [6.45, 7) is 7.15. The van der Waals surface area contributed by atoms with Crippen molar-refractivity contribution in [1.82, 2.24) is 14.5 Å². The van der Waals surface area contributed by atoms with Gasteiger partial charge in [0.25, 0.3) is 0 Å². The monoisotopic (exact) mass is 280 g/mol. The lowest BCUT2D eigenvalue weighted by molar-refractivity contribution is 0.672. The van der Waals surface area contributed by atoms with Crippen LogP contribution >= 0.6 is 0 Å². The molecule has 0 spiro atoms. The summed E-state index contributed by atoms with van der Waals surface area (Å²) in [5.74, 6) is 1.42. The molecule has 108 valence electrons. The van der Waals surface area contributed by atoms with Crippen LogP contribution in [0.15, 0.2) is 36.5 Å². The van der Waals surface area contributed by atoms with Crippen molar-refractivity contribution in [2.75, 3.05) is 5.73 Å². The Morgan fingerprint density at radius 3 is 2.76 bits per heavy atom. The van der Waals surface area contributed by atoms with Gasteiger partial charge in [-0.05, 0) is 36.8 Å². The molecule has 21 heavy (non-hydrogen) atoms. The van der Waals surface area contributed by atoms with Crippen molar-refractivity contribution in [2.45, 2.75) is 33.2 Å². The molecule has 2 heterocycles. The van der Waals surface area contributed by atoms with Crippen LogP contribution < -0.4 is 5.73 Å². The highest BCUT2D eigenvalue weighted by Crippen LogP contribution is 2.24. The van der Waals surface area contributed by atoms with E-state index in [9.17, 15) is 0 Å². The summed E-state index contributed by atoms with van der Waals surface area (Å²) < 4.78 is 2.24. The van der Waals surface area contributed by atoms with Crippen molar-refractivity contribution < 1.29 is 0 Å². The zero-order valence-corrected chi connectivity index (χ0v) is 12.7. The Balaban J connectivity index is 2.16. The molecule has 0 fully saturated rings. The average molecular weight is 280 g/mol. The standard InChI is InChI=1S/C17H20N4/c1-11(2)17-20-14-9-13(18)6-7-16(14)21(17)10-15-12(3)5-4-8-19-15/h4-9,11H,10,18H2,1-3H3. The molecule has 0 saturated heterocycles. The number of nitrogens with zero attached hydrogens (tertiary/aromatic N) is 3. The van der Waals surface area contributed by atoms with Gasteiger partial charge in [-0.25, -0.2) is 4.98 Å². The molecule has 3 rings (SSSR count). The maximum atomic E-state index is 5.87. The van der Waals surface area contributed by atoms with Crippen molar-refractivity contribution in [3.05, 3.63) is 53.6 Å². The number of pyridine rings is 1. The van der Waals surface area contributed by atoms with E-state index in [1.54, 1.807) is 0 Å². The topological polar surface area (TPSA) is 56.7 Å². The molecule has 0 unspecified atom stereocenters. The molecular weight excluding hydrogens is 260 g/mol. The summed E-state index contributed by atoms with van der Waals surface area (Å²) in [6.07, 6.45) is 1.84. The lowest BCUT2D eigenvalue weighted by Gasteiger charge is -2.12. The molecule has 0 saturated carbocycles. The van der Waals surface area contributed by atoms with Crippen LogP contribution in [0.25, 0.3) is 11.0 Å². The molecule has 4 nitrogen and oxygen atoms in total. The van der Waals surface area contributed by atoms with E-state index in [-0.39, 0.29) is 0 Å². The lowest BCUT2D eigenvalue weighted by Crippen LogP contribution is -2.09. The minimum atomic E-state index is 0.350. The number of fused-ring (bicyclic) bond motifs is 1. The molecule has 2 N–H and O–H groups in total. The number of anilines is 1. The number of hydrogen-bond donors (Lipinski definition) is 1. The van der Waals surface area contributed by atoms with E-state index in [0.717, 1.165) is 34.8 Å². The van der Waals surface area contributed by atoms with Gasteiger partial charge in [0.15, 0.2) is 0 Å². The molecule has 3 aromatic rings. The van der Waals surface area contributed by atoms with Gasteiger partial charge in [0.1, 0.15) is 5.82 Å². The first kappa shape index (κ1) is 13.6. The Morgan fingerprint density at radius 2 is 2.05 bits per heavy atom. The van der Waals surface area contributed by atoms with Crippen LogP contribution in [0.4, 0.5) is 5.69 Å². The zero-order valence-electron chi connectivity index (χ0n) is 12.7. The van der Waals surface area contributed by atoms with Crippen LogP contribution in [0.3, 0.4) is 0 Å². The molecule has 4 heteroatoms. The second-order valence-electron chi connectivity index (χ2n) is 5.73. The number of benzene rings is 1. The Labute approximate surface area is 124 Å². The number of hydrogen-bond acceptors (Lipinski definition) is 3. The largest absolute Gasteiger partial charge is 0.399 e. The molecule has 0 radical (unpaired) electrons. The van der Waals surface area contributed by atoms with Crippen LogP contribution in [0.5, 0.6) is 0 Å². The van der Waals surface area contributed by atoms with E-state index >= 15 is 0 Å². The van der Waals surface area contributed by atoms with Crippen molar-refractivity contribution >= 4 is 16.7 Å². The van der Waals surface area contributed by atoms with Gasteiger partial charge in [-0.3, -0.25) is 4.98 Å². The molecular formula is C17H20N4. The number of nitrogens with two attached hydrogens (primary N) is 1. The third-order valence-electron chi connectivity index (χ3n) is 3.74. The predicted molar refractivity (Wildman–Crippen MR) is 86.3 cm³/mol. The fourth-order valence-electron chi connectivity index (χ4n) is 2.61. The van der Waals surface area contributed by atoms with Gasteiger partial charge in [0.05, 0.1) is 23.3 Å². The van der Waals surface area contributed by atoms with Gasteiger partial charge < -0.3 is 10.3 Å². The minimum absolute atomic E-state index is 0.350. The highest BCUT2D eigenvalue weighted by Gasteiger charge is 2.15. The third-order valence-corrected chi connectivity index (χ3v) is 3.74. The summed E-state index contributed by atoms with van der Waals surface area (Å²) in [4.78, 5) is 9.26. The van der Waals surface area contributed by atoms with E-state index in [1.807, 2.05) is 30.5 Å². The SMILES string of the molecule is Cc1cccnc1Cn1c(C(C)C)nc2cc(N)ccc21. The lowest BCUT2D eigenvalue weighted by atomic mass is 10.2. The first-order valence-electron chi connectivity index (χ1n) is 7.22. The molecule has 2 aromatic heterocycles. The van der Waals surface area contributed by atoms with Crippen LogP contribution in [0.2, 0.25) is 0 Å². The van der Waals surface area contributed by atoms with Gasteiger partial charge in [-0.1, -0.05) is 19.9 Å². The van der Waals surface area contributed by atoms with Crippen LogP contribution in [0, 0.1) is 6.92 Å². The fourth-order valence-corrected chi connectivity index (χ4v) is 2.61. The van der Waals surface area contributed by atoms with E-state index in [2.05, 4.69) is 36.4 Å². The highest BCUT2D eigenvalue weighted by atomic mass is 15.1. The van der Waals surface area contributed by atoms with Gasteiger partial charge in [-0.15, -0.1) is 0 Å². The normalized spacial score (nSPS) is 11.4. The number of imidazole rings is 1. The first-order valence-corrected chi connectivity index (χ1v) is 7.22. The Morgan fingerprint density at radius 1 is 1.24 bits per heavy atom. The second kappa shape index (κ2) is 5.20. The quantitative estimate of drug-likeness (QED) is 0.747.